The van der Waals surface area contributed by atoms with Gasteiger partial charge in [0.15, 0.2) is 6.61 Å². The van der Waals surface area contributed by atoms with Gasteiger partial charge in [-0.25, -0.2) is 4.79 Å². The van der Waals surface area contributed by atoms with E-state index in [9.17, 15) is 9.59 Å². The second-order valence-corrected chi connectivity index (χ2v) is 3.67. The molecule has 0 fully saturated rings. The summed E-state index contributed by atoms with van der Waals surface area (Å²) in [6.07, 6.45) is 0. The lowest BCUT2D eigenvalue weighted by Gasteiger charge is -2.12. The van der Waals surface area contributed by atoms with E-state index < -0.39 is 17.9 Å². The van der Waals surface area contributed by atoms with Crippen molar-refractivity contribution in [1.29, 1.82) is 0 Å². The van der Waals surface area contributed by atoms with Crippen molar-refractivity contribution in [2.24, 2.45) is 0 Å². The van der Waals surface area contributed by atoms with E-state index in [2.05, 4.69) is 10.1 Å². The molecule has 18 heavy (non-hydrogen) atoms. The number of nitrogens with one attached hydrogen (secondary N) is 1. The summed E-state index contributed by atoms with van der Waals surface area (Å²) >= 11 is 0. The fourth-order valence-corrected chi connectivity index (χ4v) is 1.27. The van der Waals surface area contributed by atoms with Gasteiger partial charge < -0.3 is 20.5 Å². The number of anilines is 1. The second kappa shape index (κ2) is 6.48. The predicted molar refractivity (Wildman–Crippen MR) is 66.0 cm³/mol. The molecule has 1 rings (SSSR count). The lowest BCUT2D eigenvalue weighted by atomic mass is 10.3. The zero-order chi connectivity index (χ0) is 13.5. The average molecular weight is 252 g/mol. The van der Waals surface area contributed by atoms with Gasteiger partial charge in [0, 0.05) is 11.8 Å². The van der Waals surface area contributed by atoms with Gasteiger partial charge in [-0.15, -0.1) is 0 Å². The number of nitrogens with two attached hydrogens (primary N) is 1. The number of ether oxygens (including phenoxy) is 2. The van der Waals surface area contributed by atoms with Gasteiger partial charge >= 0.3 is 5.97 Å². The number of rotatable bonds is 5. The van der Waals surface area contributed by atoms with Crippen LogP contribution in [0, 0.1) is 0 Å². The Hall–Kier alpha value is -2.24. The minimum Gasteiger partial charge on any atom is -0.484 e. The Balaban J connectivity index is 2.40. The Morgan fingerprint density at radius 3 is 2.78 bits per heavy atom. The molecule has 0 bridgehead atoms. The molecule has 98 valence electrons. The van der Waals surface area contributed by atoms with E-state index in [4.69, 9.17) is 10.5 Å². The van der Waals surface area contributed by atoms with Gasteiger partial charge in [0.2, 0.25) is 0 Å². The maximum absolute atomic E-state index is 11.5. The Labute approximate surface area is 105 Å². The van der Waals surface area contributed by atoms with Crippen LogP contribution in [0.2, 0.25) is 0 Å². The van der Waals surface area contributed by atoms with E-state index in [0.717, 1.165) is 0 Å². The summed E-state index contributed by atoms with van der Waals surface area (Å²) in [5, 5.41) is 2.45. The van der Waals surface area contributed by atoms with Crippen LogP contribution in [0.25, 0.3) is 0 Å². The molecule has 1 amide bonds. The Morgan fingerprint density at radius 1 is 1.44 bits per heavy atom. The summed E-state index contributed by atoms with van der Waals surface area (Å²) in [7, 11) is 1.26. The number of methoxy groups -OCH3 is 1. The minimum absolute atomic E-state index is 0.190. The Kier molecular flexibility index (Phi) is 4.98. The summed E-state index contributed by atoms with van der Waals surface area (Å²) in [5.74, 6) is -0.418. The van der Waals surface area contributed by atoms with Crippen LogP contribution >= 0.6 is 0 Å². The molecule has 0 spiro atoms. The van der Waals surface area contributed by atoms with Crippen LogP contribution in [0.1, 0.15) is 6.92 Å². The third-order valence-corrected chi connectivity index (χ3v) is 2.16. The first-order valence-corrected chi connectivity index (χ1v) is 5.38. The molecule has 1 aromatic carbocycles. The number of hydrogen-bond donors (Lipinski definition) is 2. The first-order valence-electron chi connectivity index (χ1n) is 5.38. The first-order chi connectivity index (χ1) is 8.52. The molecule has 0 saturated carbocycles. The van der Waals surface area contributed by atoms with Gasteiger partial charge in [-0.05, 0) is 19.1 Å². The number of amides is 1. The number of nitrogen functional groups attached to an aromatic ring is 1. The van der Waals surface area contributed by atoms with Crippen molar-refractivity contribution in [3.05, 3.63) is 24.3 Å². The number of hydrogen-bond acceptors (Lipinski definition) is 5. The average Bonchev–Trinajstić information content (AvgIpc) is 2.35. The van der Waals surface area contributed by atoms with Crippen molar-refractivity contribution < 1.29 is 19.1 Å². The lowest BCUT2D eigenvalue weighted by Crippen LogP contribution is -2.41. The molecule has 3 N–H and O–H groups in total. The predicted octanol–water partition coefficient (Wildman–Crippen LogP) is 0.325. The summed E-state index contributed by atoms with van der Waals surface area (Å²) < 4.78 is 9.70. The third kappa shape index (κ3) is 4.32. The summed E-state index contributed by atoms with van der Waals surface area (Å²) in [4.78, 5) is 22.5. The molecule has 0 radical (unpaired) electrons. The smallest absolute Gasteiger partial charge is 0.328 e. The van der Waals surface area contributed by atoms with Gasteiger partial charge in [0.05, 0.1) is 7.11 Å². The van der Waals surface area contributed by atoms with Crippen LogP contribution < -0.4 is 15.8 Å². The van der Waals surface area contributed by atoms with Crippen LogP contribution in [0.3, 0.4) is 0 Å². The Bertz CT molecular complexity index is 434. The summed E-state index contributed by atoms with van der Waals surface area (Å²) in [6.45, 7) is 1.34. The van der Waals surface area contributed by atoms with Crippen molar-refractivity contribution in [2.45, 2.75) is 13.0 Å². The molecular formula is C12H16N2O4. The van der Waals surface area contributed by atoms with E-state index in [0.29, 0.717) is 11.4 Å². The van der Waals surface area contributed by atoms with E-state index in [1.54, 1.807) is 24.3 Å². The quantitative estimate of drug-likeness (QED) is 0.582. The monoisotopic (exact) mass is 252 g/mol. The number of benzene rings is 1. The van der Waals surface area contributed by atoms with Gasteiger partial charge in [0.25, 0.3) is 5.91 Å². The minimum atomic E-state index is -0.702. The van der Waals surface area contributed by atoms with Gasteiger partial charge in [-0.2, -0.15) is 0 Å². The van der Waals surface area contributed by atoms with Gasteiger partial charge in [-0.3, -0.25) is 4.79 Å². The van der Waals surface area contributed by atoms with E-state index in [1.807, 2.05) is 0 Å². The number of carbonyl (C=O) groups is 2. The molecule has 1 atom stereocenters. The normalized spacial score (nSPS) is 11.4. The lowest BCUT2D eigenvalue weighted by molar-refractivity contribution is -0.144. The summed E-state index contributed by atoms with van der Waals surface area (Å²) in [6, 6.07) is 6.03. The first kappa shape index (κ1) is 13.8. The van der Waals surface area contributed by atoms with Crippen LogP contribution in [0.5, 0.6) is 5.75 Å². The highest BCUT2D eigenvalue weighted by Gasteiger charge is 2.15. The van der Waals surface area contributed by atoms with Crippen molar-refractivity contribution >= 4 is 17.6 Å². The molecule has 0 aromatic heterocycles. The zero-order valence-electron chi connectivity index (χ0n) is 10.3. The maximum Gasteiger partial charge on any atom is 0.328 e. The van der Waals surface area contributed by atoms with E-state index in [1.165, 1.54) is 14.0 Å². The van der Waals surface area contributed by atoms with Crippen LogP contribution in [-0.4, -0.2) is 31.6 Å². The molecule has 0 aliphatic heterocycles. The molecule has 0 heterocycles. The van der Waals surface area contributed by atoms with Crippen molar-refractivity contribution in [3.8, 4) is 5.75 Å². The fourth-order valence-electron chi connectivity index (χ4n) is 1.27. The Morgan fingerprint density at radius 2 is 2.17 bits per heavy atom. The largest absolute Gasteiger partial charge is 0.484 e. The zero-order valence-corrected chi connectivity index (χ0v) is 10.3. The second-order valence-electron chi connectivity index (χ2n) is 3.67. The summed E-state index contributed by atoms with van der Waals surface area (Å²) in [5.41, 5.74) is 6.11. The van der Waals surface area contributed by atoms with E-state index in [-0.39, 0.29) is 6.61 Å². The third-order valence-electron chi connectivity index (χ3n) is 2.16. The fraction of sp³-hybridized carbons (Fsp3) is 0.333. The highest BCUT2D eigenvalue weighted by atomic mass is 16.5. The maximum atomic E-state index is 11.5. The molecule has 1 unspecified atom stereocenters. The molecule has 6 nitrogen and oxygen atoms in total. The van der Waals surface area contributed by atoms with Crippen molar-refractivity contribution in [2.75, 3.05) is 19.5 Å². The molecule has 0 saturated heterocycles. The van der Waals surface area contributed by atoms with Crippen LogP contribution in [0.4, 0.5) is 5.69 Å². The molecule has 6 heteroatoms. The SMILES string of the molecule is COC(=O)C(C)NC(=O)COc1cccc(N)c1. The molecular weight excluding hydrogens is 236 g/mol. The van der Waals surface area contributed by atoms with Gasteiger partial charge in [-0.1, -0.05) is 6.07 Å². The highest BCUT2D eigenvalue weighted by molar-refractivity contribution is 5.84. The standard InChI is InChI=1S/C12H16N2O4/c1-8(12(16)17-2)14-11(15)7-18-10-5-3-4-9(13)6-10/h3-6,8H,7,13H2,1-2H3,(H,14,15). The number of carbonyl (C=O) groups excluding carboxylic acids is 2. The highest BCUT2D eigenvalue weighted by Crippen LogP contribution is 2.13. The van der Waals surface area contributed by atoms with Crippen LogP contribution in [-0.2, 0) is 14.3 Å². The molecule has 0 aliphatic carbocycles. The van der Waals surface area contributed by atoms with Gasteiger partial charge in [0.1, 0.15) is 11.8 Å². The van der Waals surface area contributed by atoms with Crippen molar-refractivity contribution in [3.63, 3.8) is 0 Å². The van der Waals surface area contributed by atoms with Crippen LogP contribution in [0.15, 0.2) is 24.3 Å². The topological polar surface area (TPSA) is 90.6 Å². The van der Waals surface area contributed by atoms with Crippen molar-refractivity contribution in [1.82, 2.24) is 5.32 Å². The van der Waals surface area contributed by atoms with E-state index >= 15 is 0 Å². The molecule has 0 aliphatic rings. The number of esters is 1. The molecule has 1 aromatic rings.